The van der Waals surface area contributed by atoms with Crippen LogP contribution in [0, 0.1) is 23.8 Å². The predicted octanol–water partition coefficient (Wildman–Crippen LogP) is 0.150. The van der Waals surface area contributed by atoms with E-state index >= 15 is 0 Å². The van der Waals surface area contributed by atoms with Gasteiger partial charge in [0.25, 0.3) is 0 Å². The maximum absolute atomic E-state index is 10.7. The van der Waals surface area contributed by atoms with Gasteiger partial charge in [-0.1, -0.05) is 0 Å². The molecule has 1 atom stereocenters. The zero-order chi connectivity index (χ0) is 6.85. The Kier molecular flexibility index (Phi) is 1.39. The van der Waals surface area contributed by atoms with Crippen molar-refractivity contribution >= 4 is 5.91 Å². The predicted molar refractivity (Wildman–Crippen MR) is 30.8 cm³/mol. The standard InChI is InChI=1S/C6H7N2O/c1-8-4-5(3-7)2-6(8)9/h4-5H,2H2,1H3. The fraction of sp³-hybridized carbons (Fsp3) is 0.500. The molecule has 1 rings (SSSR count). The van der Waals surface area contributed by atoms with Crippen LogP contribution in [0.2, 0.25) is 0 Å². The molecule has 0 aromatic rings. The van der Waals surface area contributed by atoms with Crippen LogP contribution >= 0.6 is 0 Å². The van der Waals surface area contributed by atoms with Gasteiger partial charge in [0.15, 0.2) is 0 Å². The zero-order valence-electron chi connectivity index (χ0n) is 5.16. The van der Waals surface area contributed by atoms with Crippen molar-refractivity contribution < 1.29 is 4.79 Å². The SMILES string of the molecule is CN1[CH]C(C#N)CC1=O. The molecule has 0 aliphatic carbocycles. The molecule has 3 nitrogen and oxygen atoms in total. The minimum absolute atomic E-state index is 0.0292. The molecule has 0 saturated carbocycles. The first kappa shape index (κ1) is 6.09. The molecule has 0 N–H and O–H groups in total. The molecular formula is C6H7N2O. The van der Waals surface area contributed by atoms with Crippen molar-refractivity contribution in [3.8, 4) is 6.07 Å². The Morgan fingerprint density at radius 1 is 2.00 bits per heavy atom. The highest BCUT2D eigenvalue weighted by molar-refractivity contribution is 5.80. The van der Waals surface area contributed by atoms with Crippen molar-refractivity contribution in [3.63, 3.8) is 0 Å². The van der Waals surface area contributed by atoms with Crippen LogP contribution < -0.4 is 0 Å². The first-order valence-electron chi connectivity index (χ1n) is 2.74. The Morgan fingerprint density at radius 2 is 2.67 bits per heavy atom. The quantitative estimate of drug-likeness (QED) is 0.460. The third kappa shape index (κ3) is 1.02. The third-order valence-electron chi connectivity index (χ3n) is 1.36. The monoisotopic (exact) mass is 123 g/mol. The largest absolute Gasteiger partial charge is 0.339 e. The molecule has 1 aliphatic heterocycles. The number of hydrogen-bond donors (Lipinski definition) is 0. The molecule has 0 aromatic heterocycles. The summed E-state index contributed by atoms with van der Waals surface area (Å²) in [6.07, 6.45) is 0.354. The average Bonchev–Trinajstić information content (AvgIpc) is 2.13. The van der Waals surface area contributed by atoms with Gasteiger partial charge in [-0.2, -0.15) is 5.26 Å². The fourth-order valence-electron chi connectivity index (χ4n) is 0.817. The molecule has 0 aromatic carbocycles. The lowest BCUT2D eigenvalue weighted by Crippen LogP contribution is -2.14. The number of nitriles is 1. The van der Waals surface area contributed by atoms with Crippen LogP contribution in [-0.2, 0) is 4.79 Å². The van der Waals surface area contributed by atoms with Gasteiger partial charge in [0.2, 0.25) is 5.91 Å². The highest BCUT2D eigenvalue weighted by atomic mass is 16.2. The maximum Gasteiger partial charge on any atom is 0.224 e. The number of nitrogens with zero attached hydrogens (tertiary/aromatic N) is 2. The second kappa shape index (κ2) is 2.06. The van der Waals surface area contributed by atoms with Crippen LogP contribution in [0.1, 0.15) is 6.42 Å². The van der Waals surface area contributed by atoms with E-state index in [1.807, 2.05) is 6.07 Å². The minimum Gasteiger partial charge on any atom is -0.339 e. The lowest BCUT2D eigenvalue weighted by atomic mass is 10.1. The Bertz CT molecular complexity index is 170. The van der Waals surface area contributed by atoms with E-state index in [2.05, 4.69) is 0 Å². The van der Waals surface area contributed by atoms with Gasteiger partial charge in [-0.25, -0.2) is 0 Å². The molecule has 1 saturated heterocycles. The maximum atomic E-state index is 10.7. The summed E-state index contributed by atoms with van der Waals surface area (Å²) < 4.78 is 0. The number of likely N-dealkylation sites (tertiary alicyclic amines) is 1. The van der Waals surface area contributed by atoms with Crippen molar-refractivity contribution in [2.75, 3.05) is 7.05 Å². The number of amides is 1. The van der Waals surface area contributed by atoms with Gasteiger partial charge in [-0.15, -0.1) is 0 Å². The Hall–Kier alpha value is -1.04. The molecule has 9 heavy (non-hydrogen) atoms. The lowest BCUT2D eigenvalue weighted by molar-refractivity contribution is -0.125. The molecule has 0 spiro atoms. The topological polar surface area (TPSA) is 44.1 Å². The van der Waals surface area contributed by atoms with Gasteiger partial charge < -0.3 is 4.90 Å². The fourth-order valence-corrected chi connectivity index (χ4v) is 0.817. The molecule has 1 fully saturated rings. The number of rotatable bonds is 0. The average molecular weight is 123 g/mol. The summed E-state index contributed by atoms with van der Waals surface area (Å²) in [7, 11) is 1.67. The van der Waals surface area contributed by atoms with E-state index in [4.69, 9.17) is 5.26 Å². The van der Waals surface area contributed by atoms with Gasteiger partial charge in [0.1, 0.15) is 0 Å². The smallest absolute Gasteiger partial charge is 0.224 e. The number of hydrogen-bond acceptors (Lipinski definition) is 2. The molecule has 3 heteroatoms. The van der Waals surface area contributed by atoms with Crippen molar-refractivity contribution in [2.45, 2.75) is 6.42 Å². The number of carbonyl (C=O) groups is 1. The van der Waals surface area contributed by atoms with E-state index in [0.29, 0.717) is 6.42 Å². The van der Waals surface area contributed by atoms with Gasteiger partial charge in [0.05, 0.1) is 18.5 Å². The van der Waals surface area contributed by atoms with E-state index in [9.17, 15) is 4.79 Å². The summed E-state index contributed by atoms with van der Waals surface area (Å²) in [5.41, 5.74) is 0. The van der Waals surface area contributed by atoms with Crippen molar-refractivity contribution in [3.05, 3.63) is 6.54 Å². The summed E-state index contributed by atoms with van der Waals surface area (Å²) in [5, 5.41) is 8.34. The minimum atomic E-state index is -0.192. The van der Waals surface area contributed by atoms with E-state index in [-0.39, 0.29) is 11.8 Å². The molecule has 1 amide bonds. The lowest BCUT2D eigenvalue weighted by Gasteiger charge is -2.03. The molecule has 1 unspecified atom stereocenters. The summed E-state index contributed by atoms with van der Waals surface area (Å²) in [5.74, 6) is -0.163. The highest BCUT2D eigenvalue weighted by Gasteiger charge is 2.26. The molecule has 1 heterocycles. The van der Waals surface area contributed by atoms with Gasteiger partial charge in [-0.05, 0) is 0 Å². The van der Waals surface area contributed by atoms with Gasteiger partial charge >= 0.3 is 0 Å². The van der Waals surface area contributed by atoms with Crippen LogP contribution in [0.3, 0.4) is 0 Å². The van der Waals surface area contributed by atoms with E-state index in [0.717, 1.165) is 0 Å². The third-order valence-corrected chi connectivity index (χ3v) is 1.36. The van der Waals surface area contributed by atoms with Crippen molar-refractivity contribution in [2.24, 2.45) is 5.92 Å². The summed E-state index contributed by atoms with van der Waals surface area (Å²) >= 11 is 0. The summed E-state index contributed by atoms with van der Waals surface area (Å²) in [6.45, 7) is 1.64. The molecule has 47 valence electrons. The second-order valence-corrected chi connectivity index (χ2v) is 2.09. The number of carbonyl (C=O) groups excluding carboxylic acids is 1. The highest BCUT2D eigenvalue weighted by Crippen LogP contribution is 2.18. The van der Waals surface area contributed by atoms with E-state index in [1.165, 1.54) is 4.90 Å². The molecule has 0 bridgehead atoms. The molecule has 1 radical (unpaired) electrons. The van der Waals surface area contributed by atoms with Crippen molar-refractivity contribution in [1.82, 2.24) is 4.90 Å². The summed E-state index contributed by atoms with van der Waals surface area (Å²) in [6, 6.07) is 2.01. The van der Waals surface area contributed by atoms with Crippen LogP contribution in [0.5, 0.6) is 0 Å². The van der Waals surface area contributed by atoms with Crippen LogP contribution in [0.4, 0.5) is 0 Å². The molecular weight excluding hydrogens is 116 g/mol. The van der Waals surface area contributed by atoms with Gasteiger partial charge in [-0.3, -0.25) is 4.79 Å². The van der Waals surface area contributed by atoms with Gasteiger partial charge in [0, 0.05) is 13.5 Å². The normalized spacial score (nSPS) is 26.4. The van der Waals surface area contributed by atoms with Crippen LogP contribution in [-0.4, -0.2) is 17.9 Å². The second-order valence-electron chi connectivity index (χ2n) is 2.09. The molecule has 1 aliphatic rings. The van der Waals surface area contributed by atoms with E-state index < -0.39 is 0 Å². The zero-order valence-corrected chi connectivity index (χ0v) is 5.16. The Balaban J connectivity index is 2.57. The Morgan fingerprint density at radius 3 is 2.89 bits per heavy atom. The summed E-state index contributed by atoms with van der Waals surface area (Å²) in [4.78, 5) is 12.2. The first-order valence-corrected chi connectivity index (χ1v) is 2.74. The first-order chi connectivity index (χ1) is 4.24. The van der Waals surface area contributed by atoms with Crippen LogP contribution in [0.15, 0.2) is 0 Å². The van der Waals surface area contributed by atoms with Crippen LogP contribution in [0.25, 0.3) is 0 Å². The Labute approximate surface area is 53.9 Å². The van der Waals surface area contributed by atoms with Crippen molar-refractivity contribution in [1.29, 1.82) is 5.26 Å². The van der Waals surface area contributed by atoms with E-state index in [1.54, 1.807) is 13.6 Å².